The molecule has 0 spiro atoms. The number of likely N-dealkylation sites (N-methyl/N-ethyl adjacent to an activating group) is 1. The van der Waals surface area contributed by atoms with E-state index in [1.165, 1.54) is 24.1 Å². The number of anilines is 1. The maximum atomic E-state index is 13.2. The highest BCUT2D eigenvalue weighted by molar-refractivity contribution is 7.92. The second-order valence-corrected chi connectivity index (χ2v) is 9.39. The molecule has 0 heterocycles. The molecule has 0 aliphatic carbocycles. The summed E-state index contributed by atoms with van der Waals surface area (Å²) >= 11 is 5.89. The highest BCUT2D eigenvalue weighted by atomic mass is 35.5. The monoisotopic (exact) mass is 451 g/mol. The van der Waals surface area contributed by atoms with Gasteiger partial charge in [-0.15, -0.1) is 0 Å². The van der Waals surface area contributed by atoms with Crippen molar-refractivity contribution in [1.29, 1.82) is 0 Å². The van der Waals surface area contributed by atoms with Gasteiger partial charge in [0, 0.05) is 18.6 Å². The number of carbonyl (C=O) groups is 2. The molecule has 7 nitrogen and oxygen atoms in total. The second kappa shape index (κ2) is 9.95. The van der Waals surface area contributed by atoms with Crippen molar-refractivity contribution >= 4 is 39.1 Å². The summed E-state index contributed by atoms with van der Waals surface area (Å²) in [5.74, 6) is -0.833. The third-order valence-corrected chi connectivity index (χ3v) is 6.07. The minimum Gasteiger partial charge on any atom is -0.357 e. The Morgan fingerprint density at radius 3 is 2.13 bits per heavy atom. The lowest BCUT2D eigenvalue weighted by molar-refractivity contribution is -0.139. The Hall–Kier alpha value is -2.58. The van der Waals surface area contributed by atoms with E-state index in [1.807, 2.05) is 31.2 Å². The molecule has 0 aliphatic rings. The van der Waals surface area contributed by atoms with Gasteiger partial charge in [0.25, 0.3) is 0 Å². The van der Waals surface area contributed by atoms with Gasteiger partial charge < -0.3 is 10.2 Å². The third-order valence-electron chi connectivity index (χ3n) is 4.68. The van der Waals surface area contributed by atoms with Gasteiger partial charge in [-0.3, -0.25) is 13.9 Å². The molecule has 0 fully saturated rings. The lowest BCUT2D eigenvalue weighted by atomic mass is 10.1. The topological polar surface area (TPSA) is 86.8 Å². The third kappa shape index (κ3) is 6.21. The molecule has 9 heteroatoms. The molecule has 2 aromatic carbocycles. The average Bonchev–Trinajstić information content (AvgIpc) is 2.70. The normalized spacial score (nSPS) is 12.2. The minimum absolute atomic E-state index is 0.173. The maximum absolute atomic E-state index is 13.2. The van der Waals surface area contributed by atoms with E-state index in [1.54, 1.807) is 19.1 Å². The summed E-state index contributed by atoms with van der Waals surface area (Å²) in [5.41, 5.74) is 2.22. The van der Waals surface area contributed by atoms with Gasteiger partial charge in [0.05, 0.1) is 11.9 Å². The Labute approximate surface area is 182 Å². The molecule has 2 aromatic rings. The quantitative estimate of drug-likeness (QED) is 0.668. The molecule has 0 saturated carbocycles. The number of sulfonamides is 1. The van der Waals surface area contributed by atoms with E-state index in [-0.39, 0.29) is 12.5 Å². The van der Waals surface area contributed by atoms with Crippen LogP contribution in [0.25, 0.3) is 0 Å². The molecule has 0 radical (unpaired) electrons. The van der Waals surface area contributed by atoms with Crippen molar-refractivity contribution in [2.45, 2.75) is 26.4 Å². The zero-order chi connectivity index (χ0) is 22.5. The molecule has 162 valence electrons. The van der Waals surface area contributed by atoms with Crippen LogP contribution in [0.2, 0.25) is 5.02 Å². The fraction of sp³-hybridized carbons (Fsp3) is 0.333. The fourth-order valence-corrected chi connectivity index (χ4v) is 3.88. The molecule has 30 heavy (non-hydrogen) atoms. The summed E-state index contributed by atoms with van der Waals surface area (Å²) in [6, 6.07) is 13.0. The van der Waals surface area contributed by atoms with Crippen molar-refractivity contribution < 1.29 is 18.0 Å². The Balaban J connectivity index is 2.35. The lowest BCUT2D eigenvalue weighted by Crippen LogP contribution is -2.50. The number of hydrogen-bond acceptors (Lipinski definition) is 4. The van der Waals surface area contributed by atoms with Crippen LogP contribution in [0.3, 0.4) is 0 Å². The standard InChI is InChI=1S/C21H26ClN3O4S/c1-15-5-7-17(8-6-15)13-24(16(2)21(27)23-3)20(26)14-25(30(4,28)29)19-11-9-18(22)10-12-19/h5-12,16H,13-14H2,1-4H3,(H,23,27)/t16-/m0/s1. The predicted octanol–water partition coefficient (Wildman–Crippen LogP) is 2.58. The van der Waals surface area contributed by atoms with Crippen LogP contribution < -0.4 is 9.62 Å². The molecule has 0 aliphatic heterocycles. The molecular formula is C21H26ClN3O4S. The van der Waals surface area contributed by atoms with Gasteiger partial charge in [-0.1, -0.05) is 41.4 Å². The largest absolute Gasteiger partial charge is 0.357 e. The van der Waals surface area contributed by atoms with E-state index in [4.69, 9.17) is 11.6 Å². The van der Waals surface area contributed by atoms with E-state index in [0.29, 0.717) is 10.7 Å². The number of carbonyl (C=O) groups excluding carboxylic acids is 2. The number of rotatable bonds is 8. The van der Waals surface area contributed by atoms with Crippen molar-refractivity contribution in [2.75, 3.05) is 24.2 Å². The average molecular weight is 452 g/mol. The lowest BCUT2D eigenvalue weighted by Gasteiger charge is -2.31. The van der Waals surface area contributed by atoms with Crippen molar-refractivity contribution in [3.63, 3.8) is 0 Å². The van der Waals surface area contributed by atoms with Crippen molar-refractivity contribution in [2.24, 2.45) is 0 Å². The van der Waals surface area contributed by atoms with Gasteiger partial charge >= 0.3 is 0 Å². The molecule has 1 atom stereocenters. The van der Waals surface area contributed by atoms with E-state index in [0.717, 1.165) is 21.7 Å². The molecule has 0 bridgehead atoms. The van der Waals surface area contributed by atoms with Crippen molar-refractivity contribution in [3.05, 3.63) is 64.7 Å². The molecule has 2 amide bonds. The van der Waals surface area contributed by atoms with Crippen LogP contribution in [-0.2, 0) is 26.2 Å². The number of nitrogens with one attached hydrogen (secondary N) is 1. The molecule has 0 aromatic heterocycles. The van der Waals surface area contributed by atoms with Crippen LogP contribution in [0, 0.1) is 6.92 Å². The first-order valence-electron chi connectivity index (χ1n) is 9.33. The SMILES string of the molecule is CNC(=O)[C@H](C)N(Cc1ccc(C)cc1)C(=O)CN(c1ccc(Cl)cc1)S(C)(=O)=O. The van der Waals surface area contributed by atoms with Crippen LogP contribution in [-0.4, -0.2) is 51.0 Å². The van der Waals surface area contributed by atoms with Crippen molar-refractivity contribution in [1.82, 2.24) is 10.2 Å². The highest BCUT2D eigenvalue weighted by Gasteiger charge is 2.29. The Bertz CT molecular complexity index is 992. The smallest absolute Gasteiger partial charge is 0.244 e. The van der Waals surface area contributed by atoms with Gasteiger partial charge in [0.1, 0.15) is 12.6 Å². The van der Waals surface area contributed by atoms with E-state index < -0.39 is 28.5 Å². The van der Waals surface area contributed by atoms with Gasteiger partial charge in [-0.2, -0.15) is 0 Å². The predicted molar refractivity (Wildman–Crippen MR) is 119 cm³/mol. The van der Waals surface area contributed by atoms with Gasteiger partial charge in [-0.25, -0.2) is 8.42 Å². The Morgan fingerprint density at radius 1 is 1.07 bits per heavy atom. The van der Waals surface area contributed by atoms with Gasteiger partial charge in [0.15, 0.2) is 0 Å². The summed E-state index contributed by atoms with van der Waals surface area (Å²) < 4.78 is 25.8. The number of halogens is 1. The van der Waals surface area contributed by atoms with Crippen molar-refractivity contribution in [3.8, 4) is 0 Å². The zero-order valence-electron chi connectivity index (χ0n) is 17.4. The molecule has 1 N–H and O–H groups in total. The highest BCUT2D eigenvalue weighted by Crippen LogP contribution is 2.21. The number of nitrogens with zero attached hydrogens (tertiary/aromatic N) is 2. The first kappa shape index (κ1) is 23.7. The summed E-state index contributed by atoms with van der Waals surface area (Å²) in [4.78, 5) is 26.8. The molecule has 0 unspecified atom stereocenters. The summed E-state index contributed by atoms with van der Waals surface area (Å²) in [6.45, 7) is 3.30. The summed E-state index contributed by atoms with van der Waals surface area (Å²) in [6.07, 6.45) is 1.03. The summed E-state index contributed by atoms with van der Waals surface area (Å²) in [5, 5.41) is 2.99. The van der Waals surface area contributed by atoms with Crippen LogP contribution in [0.15, 0.2) is 48.5 Å². The summed E-state index contributed by atoms with van der Waals surface area (Å²) in [7, 11) is -2.26. The molecule has 0 saturated heterocycles. The zero-order valence-corrected chi connectivity index (χ0v) is 19.0. The number of amides is 2. The van der Waals surface area contributed by atoms with Crippen LogP contribution in [0.5, 0.6) is 0 Å². The van der Waals surface area contributed by atoms with E-state index in [9.17, 15) is 18.0 Å². The van der Waals surface area contributed by atoms with Crippen LogP contribution >= 0.6 is 11.6 Å². The maximum Gasteiger partial charge on any atom is 0.244 e. The number of aryl methyl sites for hydroxylation is 1. The first-order valence-corrected chi connectivity index (χ1v) is 11.6. The molecule has 2 rings (SSSR count). The minimum atomic E-state index is -3.75. The fourth-order valence-electron chi connectivity index (χ4n) is 2.90. The Morgan fingerprint density at radius 2 is 1.63 bits per heavy atom. The number of hydrogen-bond donors (Lipinski definition) is 1. The molecular weight excluding hydrogens is 426 g/mol. The second-order valence-electron chi connectivity index (χ2n) is 7.04. The Kier molecular flexibility index (Phi) is 7.86. The van der Waals surface area contributed by atoms with Gasteiger partial charge in [-0.05, 0) is 43.7 Å². The van der Waals surface area contributed by atoms with Crippen LogP contribution in [0.4, 0.5) is 5.69 Å². The van der Waals surface area contributed by atoms with E-state index >= 15 is 0 Å². The number of benzene rings is 2. The van der Waals surface area contributed by atoms with E-state index in [2.05, 4.69) is 5.32 Å². The first-order chi connectivity index (χ1) is 14.0. The van der Waals surface area contributed by atoms with Crippen LogP contribution in [0.1, 0.15) is 18.1 Å². The van der Waals surface area contributed by atoms with Gasteiger partial charge in [0.2, 0.25) is 21.8 Å².